The Labute approximate surface area is 125 Å². The van der Waals surface area contributed by atoms with Crippen LogP contribution in [0.15, 0.2) is 33.5 Å². The molecule has 0 saturated carbocycles. The van der Waals surface area contributed by atoms with Crippen molar-refractivity contribution in [1.82, 2.24) is 0 Å². The normalized spacial score (nSPS) is 28.2. The van der Waals surface area contributed by atoms with E-state index in [1.54, 1.807) is 19.1 Å². The lowest BCUT2D eigenvalue weighted by atomic mass is 10.1. The largest absolute Gasteiger partial charge is 0.462 e. The second-order valence-corrected chi connectivity index (χ2v) is 5.23. The number of hydrogen-bond donors (Lipinski definition) is 3. The molecular weight excluding hydrogens is 292 g/mol. The predicted octanol–water partition coefficient (Wildman–Crippen LogP) is -0.0808. The highest BCUT2D eigenvalue weighted by Crippen LogP contribution is 2.27. The van der Waals surface area contributed by atoms with Gasteiger partial charge >= 0.3 is 5.63 Å². The number of aliphatic hydroxyl groups is 3. The second-order valence-electron chi connectivity index (χ2n) is 5.23. The highest BCUT2D eigenvalue weighted by Gasteiger charge is 2.43. The third-order valence-corrected chi connectivity index (χ3v) is 3.67. The van der Waals surface area contributed by atoms with Crippen molar-refractivity contribution in [2.45, 2.75) is 31.5 Å². The van der Waals surface area contributed by atoms with Gasteiger partial charge in [-0.05, 0) is 24.6 Å². The molecule has 7 nitrogen and oxygen atoms in total. The lowest BCUT2D eigenvalue weighted by Gasteiger charge is -2.17. The summed E-state index contributed by atoms with van der Waals surface area (Å²) in [4.78, 5) is 11.4. The summed E-state index contributed by atoms with van der Waals surface area (Å²) in [5.41, 5.74) is 0.676. The zero-order valence-electron chi connectivity index (χ0n) is 11.8. The molecule has 22 heavy (non-hydrogen) atoms. The Morgan fingerprint density at radius 3 is 2.68 bits per heavy atom. The molecule has 0 radical (unpaired) electrons. The van der Waals surface area contributed by atoms with Crippen LogP contribution in [0.3, 0.4) is 0 Å². The van der Waals surface area contributed by atoms with Crippen LogP contribution in [0, 0.1) is 6.92 Å². The van der Waals surface area contributed by atoms with E-state index in [-0.39, 0.29) is 0 Å². The fourth-order valence-corrected chi connectivity index (χ4v) is 2.48. The summed E-state index contributed by atoms with van der Waals surface area (Å²) >= 11 is 0. The lowest BCUT2D eigenvalue weighted by Crippen LogP contribution is -2.35. The first-order chi connectivity index (χ1) is 10.5. The van der Waals surface area contributed by atoms with E-state index >= 15 is 0 Å². The molecule has 4 unspecified atom stereocenters. The molecule has 1 fully saturated rings. The zero-order chi connectivity index (χ0) is 15.9. The van der Waals surface area contributed by atoms with Crippen molar-refractivity contribution in [2.75, 3.05) is 6.61 Å². The van der Waals surface area contributed by atoms with Gasteiger partial charge in [0, 0.05) is 17.5 Å². The number of ether oxygens (including phenoxy) is 2. The highest BCUT2D eigenvalue weighted by atomic mass is 16.7. The van der Waals surface area contributed by atoms with Crippen LogP contribution in [-0.2, 0) is 4.74 Å². The first-order valence-corrected chi connectivity index (χ1v) is 6.83. The molecule has 0 bridgehead atoms. The fourth-order valence-electron chi connectivity index (χ4n) is 2.48. The number of benzene rings is 1. The van der Waals surface area contributed by atoms with E-state index in [0.717, 1.165) is 10.9 Å². The number of aryl methyl sites for hydroxylation is 1. The first-order valence-electron chi connectivity index (χ1n) is 6.83. The summed E-state index contributed by atoms with van der Waals surface area (Å²) in [5, 5.41) is 29.3. The van der Waals surface area contributed by atoms with Crippen LogP contribution >= 0.6 is 0 Å². The standard InChI is InChI=1S/C15H16O7/c1-7-4-12(17)21-10-5-8(2-3-9(7)10)20-15-14(19)13(18)11(6-16)22-15/h2-5,11,13-16,18-19H,6H2,1H3. The Bertz CT molecular complexity index is 738. The summed E-state index contributed by atoms with van der Waals surface area (Å²) < 4.78 is 15.8. The van der Waals surface area contributed by atoms with Crippen molar-refractivity contribution in [2.24, 2.45) is 0 Å². The van der Waals surface area contributed by atoms with Gasteiger partial charge in [0.25, 0.3) is 0 Å². The third-order valence-electron chi connectivity index (χ3n) is 3.67. The van der Waals surface area contributed by atoms with Gasteiger partial charge in [-0.2, -0.15) is 0 Å². The Balaban J connectivity index is 1.87. The maximum atomic E-state index is 11.4. The van der Waals surface area contributed by atoms with Gasteiger partial charge in [0.05, 0.1) is 6.61 Å². The number of aliphatic hydroxyl groups excluding tert-OH is 3. The minimum absolute atomic E-state index is 0.316. The zero-order valence-corrected chi connectivity index (χ0v) is 11.8. The van der Waals surface area contributed by atoms with Gasteiger partial charge < -0.3 is 29.2 Å². The molecule has 1 aliphatic rings. The van der Waals surface area contributed by atoms with Gasteiger partial charge in [0.2, 0.25) is 6.29 Å². The van der Waals surface area contributed by atoms with Crippen LogP contribution in [0.5, 0.6) is 5.75 Å². The summed E-state index contributed by atoms with van der Waals surface area (Å²) in [7, 11) is 0. The van der Waals surface area contributed by atoms with E-state index in [4.69, 9.17) is 19.0 Å². The van der Waals surface area contributed by atoms with Crippen molar-refractivity contribution in [3.8, 4) is 5.75 Å². The van der Waals surface area contributed by atoms with Crippen LogP contribution in [0.4, 0.5) is 0 Å². The molecule has 3 N–H and O–H groups in total. The fraction of sp³-hybridized carbons (Fsp3) is 0.400. The van der Waals surface area contributed by atoms with E-state index in [9.17, 15) is 15.0 Å². The first kappa shape index (κ1) is 15.0. The van der Waals surface area contributed by atoms with Crippen molar-refractivity contribution in [1.29, 1.82) is 0 Å². The molecule has 1 aromatic carbocycles. The Kier molecular flexibility index (Phi) is 3.88. The number of fused-ring (bicyclic) bond motifs is 1. The monoisotopic (exact) mass is 308 g/mol. The van der Waals surface area contributed by atoms with Crippen LogP contribution in [0.25, 0.3) is 11.0 Å². The summed E-state index contributed by atoms with van der Waals surface area (Å²) in [5.74, 6) is 0.316. The number of hydrogen-bond acceptors (Lipinski definition) is 7. The predicted molar refractivity (Wildman–Crippen MR) is 75.6 cm³/mol. The lowest BCUT2D eigenvalue weighted by molar-refractivity contribution is -0.116. The molecule has 0 spiro atoms. The van der Waals surface area contributed by atoms with Gasteiger partial charge in [-0.1, -0.05) is 0 Å². The van der Waals surface area contributed by atoms with Gasteiger partial charge in [0.1, 0.15) is 29.6 Å². The van der Waals surface area contributed by atoms with Gasteiger partial charge in [-0.25, -0.2) is 4.79 Å². The quantitative estimate of drug-likeness (QED) is 0.680. The van der Waals surface area contributed by atoms with E-state index < -0.39 is 36.8 Å². The average Bonchev–Trinajstić information content (AvgIpc) is 2.74. The van der Waals surface area contributed by atoms with E-state index in [2.05, 4.69) is 0 Å². The van der Waals surface area contributed by atoms with Crippen molar-refractivity contribution in [3.05, 3.63) is 40.2 Å². The van der Waals surface area contributed by atoms with Crippen LogP contribution in [0.2, 0.25) is 0 Å². The molecule has 0 aliphatic carbocycles. The molecule has 3 rings (SSSR count). The maximum absolute atomic E-state index is 11.4. The van der Waals surface area contributed by atoms with Gasteiger partial charge in [-0.3, -0.25) is 0 Å². The molecule has 4 atom stereocenters. The number of rotatable bonds is 3. The van der Waals surface area contributed by atoms with Crippen LogP contribution < -0.4 is 10.4 Å². The van der Waals surface area contributed by atoms with Crippen LogP contribution in [0.1, 0.15) is 5.56 Å². The maximum Gasteiger partial charge on any atom is 0.336 e. The van der Waals surface area contributed by atoms with E-state index in [1.165, 1.54) is 12.1 Å². The minimum atomic E-state index is -1.28. The summed E-state index contributed by atoms with van der Waals surface area (Å²) in [6.45, 7) is 1.37. The Morgan fingerprint density at radius 2 is 2.00 bits per heavy atom. The van der Waals surface area contributed by atoms with Crippen molar-refractivity contribution >= 4 is 11.0 Å². The molecule has 1 aliphatic heterocycles. The van der Waals surface area contributed by atoms with E-state index in [0.29, 0.717) is 11.3 Å². The Morgan fingerprint density at radius 1 is 1.23 bits per heavy atom. The molecule has 7 heteroatoms. The molecule has 0 amide bonds. The smallest absolute Gasteiger partial charge is 0.336 e. The van der Waals surface area contributed by atoms with E-state index in [1.807, 2.05) is 0 Å². The molecule has 118 valence electrons. The molecule has 2 aromatic rings. The topological polar surface area (TPSA) is 109 Å². The SMILES string of the molecule is Cc1cc(=O)oc2cc(OC3OC(CO)C(O)C3O)ccc12. The minimum Gasteiger partial charge on any atom is -0.462 e. The average molecular weight is 308 g/mol. The molecule has 1 aromatic heterocycles. The highest BCUT2D eigenvalue weighted by molar-refractivity contribution is 5.81. The second kappa shape index (κ2) is 5.69. The molecule has 2 heterocycles. The van der Waals surface area contributed by atoms with Crippen LogP contribution in [-0.4, -0.2) is 46.5 Å². The summed E-state index contributed by atoms with van der Waals surface area (Å²) in [6.07, 6.45) is -4.52. The van der Waals surface area contributed by atoms with Crippen molar-refractivity contribution in [3.63, 3.8) is 0 Å². The van der Waals surface area contributed by atoms with Gasteiger partial charge in [-0.15, -0.1) is 0 Å². The molecular formula is C15H16O7. The van der Waals surface area contributed by atoms with Crippen molar-refractivity contribution < 1.29 is 29.2 Å². The summed E-state index contributed by atoms with van der Waals surface area (Å²) in [6, 6.07) is 6.28. The molecule has 1 saturated heterocycles. The van der Waals surface area contributed by atoms with Gasteiger partial charge in [0.15, 0.2) is 0 Å². The third kappa shape index (κ3) is 2.59. The Hall–Kier alpha value is -1.93.